The molecule has 1 saturated heterocycles. The van der Waals surface area contributed by atoms with Crippen LogP contribution in [0.2, 0.25) is 0 Å². The Morgan fingerprint density at radius 3 is 2.77 bits per heavy atom. The van der Waals surface area contributed by atoms with E-state index in [0.717, 1.165) is 17.9 Å². The zero-order chi connectivity index (χ0) is 15.4. The van der Waals surface area contributed by atoms with Crippen molar-refractivity contribution in [2.45, 2.75) is 44.2 Å². The summed E-state index contributed by atoms with van der Waals surface area (Å²) < 4.78 is 5.43. The molecular formula is C17H25N3O2. The van der Waals surface area contributed by atoms with Gasteiger partial charge in [0.2, 0.25) is 5.91 Å². The van der Waals surface area contributed by atoms with Crippen LogP contribution in [0.4, 0.5) is 5.69 Å². The van der Waals surface area contributed by atoms with Crippen LogP contribution >= 0.6 is 0 Å². The van der Waals surface area contributed by atoms with Gasteiger partial charge in [0.1, 0.15) is 12.4 Å². The first-order valence-corrected chi connectivity index (χ1v) is 8.26. The molecule has 120 valence electrons. The highest BCUT2D eigenvalue weighted by atomic mass is 16.5. The second-order valence-electron chi connectivity index (χ2n) is 6.26. The topological polar surface area (TPSA) is 76.4 Å². The van der Waals surface area contributed by atoms with Crippen molar-refractivity contribution in [3.63, 3.8) is 0 Å². The summed E-state index contributed by atoms with van der Waals surface area (Å²) in [5.41, 5.74) is 6.21. The molecule has 1 aromatic carbocycles. The molecule has 0 spiro atoms. The van der Waals surface area contributed by atoms with E-state index in [9.17, 15) is 4.79 Å². The van der Waals surface area contributed by atoms with Crippen molar-refractivity contribution in [2.75, 3.05) is 18.5 Å². The molecule has 0 bridgehead atoms. The molecule has 3 rings (SSSR count). The van der Waals surface area contributed by atoms with E-state index in [1.54, 1.807) is 0 Å². The molecule has 1 aliphatic heterocycles. The molecule has 1 aromatic rings. The largest absolute Gasteiger partial charge is 0.492 e. The molecule has 5 nitrogen and oxygen atoms in total. The van der Waals surface area contributed by atoms with Gasteiger partial charge in [-0.05, 0) is 49.4 Å². The number of hydrogen-bond donors (Lipinski definition) is 3. The van der Waals surface area contributed by atoms with Gasteiger partial charge in [0, 0.05) is 18.3 Å². The van der Waals surface area contributed by atoms with Crippen LogP contribution in [0.1, 0.15) is 32.1 Å². The molecule has 0 aromatic heterocycles. The molecule has 3 unspecified atom stereocenters. The number of amides is 1. The minimum absolute atomic E-state index is 0.0544. The van der Waals surface area contributed by atoms with Crippen molar-refractivity contribution < 1.29 is 9.53 Å². The second-order valence-corrected chi connectivity index (χ2v) is 6.26. The lowest BCUT2D eigenvalue weighted by atomic mass is 9.85. The van der Waals surface area contributed by atoms with Crippen molar-refractivity contribution >= 4 is 11.6 Å². The van der Waals surface area contributed by atoms with Gasteiger partial charge in [-0.3, -0.25) is 4.79 Å². The summed E-state index contributed by atoms with van der Waals surface area (Å²) in [7, 11) is 0. The van der Waals surface area contributed by atoms with Crippen molar-refractivity contribution in [1.29, 1.82) is 0 Å². The number of fused-ring (bicyclic) bond motifs is 1. The maximum Gasteiger partial charge on any atom is 0.241 e. The van der Waals surface area contributed by atoms with Gasteiger partial charge in [-0.1, -0.05) is 12.8 Å². The molecule has 22 heavy (non-hydrogen) atoms. The molecule has 5 heteroatoms. The number of rotatable bonds is 5. The number of nitrogens with two attached hydrogens (primary N) is 1. The average Bonchev–Trinajstić information content (AvgIpc) is 2.98. The first-order chi connectivity index (χ1) is 10.8. The van der Waals surface area contributed by atoms with Gasteiger partial charge in [-0.25, -0.2) is 0 Å². The molecule has 1 aliphatic carbocycles. The Labute approximate surface area is 131 Å². The summed E-state index contributed by atoms with van der Waals surface area (Å²) in [6.45, 7) is 0.995. The normalized spacial score (nSPS) is 27.2. The van der Waals surface area contributed by atoms with Gasteiger partial charge < -0.3 is 21.1 Å². The predicted molar refractivity (Wildman–Crippen MR) is 86.9 cm³/mol. The van der Waals surface area contributed by atoms with Crippen LogP contribution in [0.15, 0.2) is 24.3 Å². The van der Waals surface area contributed by atoms with Gasteiger partial charge in [-0.15, -0.1) is 0 Å². The van der Waals surface area contributed by atoms with Crippen molar-refractivity contribution in [1.82, 2.24) is 5.32 Å². The lowest BCUT2D eigenvalue weighted by molar-refractivity contribution is -0.117. The van der Waals surface area contributed by atoms with E-state index in [-0.39, 0.29) is 11.9 Å². The Morgan fingerprint density at radius 1 is 1.27 bits per heavy atom. The summed E-state index contributed by atoms with van der Waals surface area (Å²) in [5.74, 6) is 1.52. The molecule has 3 atom stereocenters. The highest BCUT2D eigenvalue weighted by molar-refractivity contribution is 5.95. The van der Waals surface area contributed by atoms with Crippen LogP contribution in [0.25, 0.3) is 0 Å². The number of hydrogen-bond acceptors (Lipinski definition) is 4. The van der Waals surface area contributed by atoms with Crippen LogP contribution < -0.4 is 21.1 Å². The molecule has 1 heterocycles. The second kappa shape index (κ2) is 7.11. The number of carbonyl (C=O) groups is 1. The van der Waals surface area contributed by atoms with Crippen molar-refractivity contribution in [3.8, 4) is 5.75 Å². The average molecular weight is 303 g/mol. The Balaban J connectivity index is 1.53. The molecule has 4 N–H and O–H groups in total. The van der Waals surface area contributed by atoms with Crippen LogP contribution in [0.3, 0.4) is 0 Å². The van der Waals surface area contributed by atoms with Gasteiger partial charge in [-0.2, -0.15) is 0 Å². The zero-order valence-corrected chi connectivity index (χ0v) is 12.9. The maximum absolute atomic E-state index is 12.4. The molecular weight excluding hydrogens is 278 g/mol. The Bertz CT molecular complexity index is 489. The molecule has 0 radical (unpaired) electrons. The lowest BCUT2D eigenvalue weighted by Crippen LogP contribution is -2.39. The third kappa shape index (κ3) is 3.59. The van der Waals surface area contributed by atoms with Crippen LogP contribution in [-0.4, -0.2) is 31.1 Å². The maximum atomic E-state index is 12.4. The smallest absolute Gasteiger partial charge is 0.241 e. The lowest BCUT2D eigenvalue weighted by Gasteiger charge is -2.24. The van der Waals surface area contributed by atoms with Crippen molar-refractivity contribution in [3.05, 3.63) is 24.3 Å². The SMILES string of the molecule is NCCOc1ccc(NC(=O)C2CC3CCCCC3N2)cc1. The number of nitrogens with one attached hydrogen (secondary N) is 2. The summed E-state index contributed by atoms with van der Waals surface area (Å²) >= 11 is 0. The highest BCUT2D eigenvalue weighted by Gasteiger charge is 2.38. The summed E-state index contributed by atoms with van der Waals surface area (Å²) in [4.78, 5) is 12.4. The van der Waals surface area contributed by atoms with Crippen LogP contribution in [-0.2, 0) is 4.79 Å². The summed E-state index contributed by atoms with van der Waals surface area (Å²) in [6, 6.07) is 7.93. The quantitative estimate of drug-likeness (QED) is 0.776. The van der Waals surface area contributed by atoms with E-state index in [0.29, 0.717) is 25.1 Å². The van der Waals surface area contributed by atoms with E-state index in [4.69, 9.17) is 10.5 Å². The predicted octanol–water partition coefficient (Wildman–Crippen LogP) is 1.88. The number of anilines is 1. The van der Waals surface area contributed by atoms with Gasteiger partial charge in [0.15, 0.2) is 0 Å². The number of ether oxygens (including phenoxy) is 1. The van der Waals surface area contributed by atoms with Crippen molar-refractivity contribution in [2.24, 2.45) is 11.7 Å². The van der Waals surface area contributed by atoms with Crippen LogP contribution in [0, 0.1) is 5.92 Å². The minimum Gasteiger partial charge on any atom is -0.492 e. The first kappa shape index (κ1) is 15.3. The third-order valence-electron chi connectivity index (χ3n) is 4.69. The fraction of sp³-hybridized carbons (Fsp3) is 0.588. The Morgan fingerprint density at radius 2 is 2.05 bits per heavy atom. The van der Waals surface area contributed by atoms with E-state index >= 15 is 0 Å². The molecule has 1 saturated carbocycles. The molecule has 2 aliphatic rings. The van der Waals surface area contributed by atoms with E-state index in [2.05, 4.69) is 10.6 Å². The summed E-state index contributed by atoms with van der Waals surface area (Å²) in [5, 5.41) is 6.50. The fourth-order valence-corrected chi connectivity index (χ4v) is 3.56. The Hall–Kier alpha value is -1.59. The Kier molecular flexibility index (Phi) is 4.95. The standard InChI is InChI=1S/C17H25N3O2/c18-9-10-22-14-7-5-13(6-8-14)19-17(21)16-11-12-3-1-2-4-15(12)20-16/h5-8,12,15-16,20H,1-4,9-11,18H2,(H,19,21). The zero-order valence-electron chi connectivity index (χ0n) is 12.9. The fourth-order valence-electron chi connectivity index (χ4n) is 3.56. The van der Waals surface area contributed by atoms with Gasteiger partial charge >= 0.3 is 0 Å². The number of carbonyl (C=O) groups excluding carboxylic acids is 1. The molecule has 2 fully saturated rings. The van der Waals surface area contributed by atoms with Crippen LogP contribution in [0.5, 0.6) is 5.75 Å². The van der Waals surface area contributed by atoms with E-state index in [1.165, 1.54) is 25.7 Å². The number of benzene rings is 1. The van der Waals surface area contributed by atoms with E-state index in [1.807, 2.05) is 24.3 Å². The first-order valence-electron chi connectivity index (χ1n) is 8.26. The highest BCUT2D eigenvalue weighted by Crippen LogP contribution is 2.33. The monoisotopic (exact) mass is 303 g/mol. The van der Waals surface area contributed by atoms with Gasteiger partial charge in [0.05, 0.1) is 6.04 Å². The summed E-state index contributed by atoms with van der Waals surface area (Å²) in [6.07, 6.45) is 6.03. The van der Waals surface area contributed by atoms with Gasteiger partial charge in [0.25, 0.3) is 0 Å². The minimum atomic E-state index is -0.0544. The van der Waals surface area contributed by atoms with E-state index < -0.39 is 0 Å². The third-order valence-corrected chi connectivity index (χ3v) is 4.69. The molecule has 1 amide bonds.